The van der Waals surface area contributed by atoms with Crippen LogP contribution in [0.4, 0.5) is 0 Å². The van der Waals surface area contributed by atoms with Crippen LogP contribution in [0.1, 0.15) is 38.5 Å². The minimum atomic E-state index is -0.921. The lowest BCUT2D eigenvalue weighted by molar-refractivity contribution is -0.138. The summed E-state index contributed by atoms with van der Waals surface area (Å²) < 4.78 is 0.193. The number of amides is 1. The molecule has 0 aromatic carbocycles. The van der Waals surface area contributed by atoms with Crippen LogP contribution < -0.4 is 5.32 Å². The fraction of sp³-hybridized carbons (Fsp3) is 0.818. The van der Waals surface area contributed by atoms with E-state index in [0.717, 1.165) is 12.8 Å². The van der Waals surface area contributed by atoms with E-state index in [9.17, 15) is 9.59 Å². The van der Waals surface area contributed by atoms with Gasteiger partial charge in [0.15, 0.2) is 0 Å². The van der Waals surface area contributed by atoms with Gasteiger partial charge in [0.1, 0.15) is 0 Å². The van der Waals surface area contributed by atoms with Crippen molar-refractivity contribution in [1.29, 1.82) is 0 Å². The minimum absolute atomic E-state index is 0.0831. The van der Waals surface area contributed by atoms with E-state index in [1.54, 1.807) is 0 Å². The third-order valence-electron chi connectivity index (χ3n) is 3.12. The molecule has 0 radical (unpaired) electrons. The van der Waals surface area contributed by atoms with Crippen molar-refractivity contribution in [3.8, 4) is 0 Å². The van der Waals surface area contributed by atoms with Gasteiger partial charge in [-0.15, -0.1) is 0 Å². The number of hydrogen-bond donors (Lipinski definition) is 2. The molecule has 0 heterocycles. The predicted molar refractivity (Wildman–Crippen MR) is 64.6 cm³/mol. The lowest BCUT2D eigenvalue weighted by atomic mass is 10.1. The molecular weight excluding hydrogens is 226 g/mol. The molecule has 0 saturated heterocycles. The quantitative estimate of drug-likeness (QED) is 0.746. The maximum atomic E-state index is 11.4. The van der Waals surface area contributed by atoms with E-state index in [1.165, 1.54) is 12.8 Å². The summed E-state index contributed by atoms with van der Waals surface area (Å²) in [5.41, 5.74) is 0. The summed E-state index contributed by atoms with van der Waals surface area (Å²) in [6.07, 6.45) is 6.82. The van der Waals surface area contributed by atoms with Crippen molar-refractivity contribution in [3.05, 3.63) is 0 Å². The molecule has 0 aliphatic heterocycles. The molecule has 0 atom stereocenters. The highest BCUT2D eigenvalue weighted by molar-refractivity contribution is 8.00. The summed E-state index contributed by atoms with van der Waals surface area (Å²) in [4.78, 5) is 21.7. The number of aliphatic carboxylic acids is 1. The Hall–Kier alpha value is -0.710. The second-order valence-corrected chi connectivity index (χ2v) is 5.54. The van der Waals surface area contributed by atoms with E-state index in [4.69, 9.17) is 5.11 Å². The average molecular weight is 245 g/mol. The zero-order valence-corrected chi connectivity index (χ0v) is 10.4. The molecule has 1 amide bonds. The topological polar surface area (TPSA) is 66.4 Å². The van der Waals surface area contributed by atoms with Crippen LogP contribution in [0.3, 0.4) is 0 Å². The van der Waals surface area contributed by atoms with Gasteiger partial charge in [-0.05, 0) is 19.1 Å². The Bertz CT molecular complexity index is 262. The number of nitrogens with one attached hydrogen (secondary N) is 1. The first-order chi connectivity index (χ1) is 7.58. The van der Waals surface area contributed by atoms with Crippen LogP contribution in [0.2, 0.25) is 0 Å². The maximum Gasteiger partial charge on any atom is 0.303 e. The van der Waals surface area contributed by atoms with Gasteiger partial charge in [0.2, 0.25) is 5.91 Å². The maximum absolute atomic E-state index is 11.4. The Kier molecular flexibility index (Phi) is 5.12. The Labute approximate surface area is 100 Å². The van der Waals surface area contributed by atoms with Crippen molar-refractivity contribution in [2.75, 3.05) is 12.8 Å². The molecule has 0 bridgehead atoms. The highest BCUT2D eigenvalue weighted by Crippen LogP contribution is 2.39. The number of carbonyl (C=O) groups is 2. The zero-order valence-electron chi connectivity index (χ0n) is 9.62. The van der Waals surface area contributed by atoms with Gasteiger partial charge in [-0.3, -0.25) is 9.59 Å². The average Bonchev–Trinajstić information content (AvgIpc) is 2.73. The van der Waals surface area contributed by atoms with Crippen LogP contribution >= 0.6 is 11.8 Å². The van der Waals surface area contributed by atoms with Crippen molar-refractivity contribution in [2.45, 2.75) is 43.3 Å². The lowest BCUT2D eigenvalue weighted by Crippen LogP contribution is -2.38. The molecule has 1 saturated carbocycles. The number of carboxylic acid groups (broad SMARTS) is 1. The number of rotatable bonds is 6. The normalized spacial score (nSPS) is 18.3. The highest BCUT2D eigenvalue weighted by Gasteiger charge is 2.33. The van der Waals surface area contributed by atoms with Crippen LogP contribution in [0.15, 0.2) is 0 Å². The minimum Gasteiger partial charge on any atom is -0.481 e. The first kappa shape index (κ1) is 13.4. The second-order valence-electron chi connectivity index (χ2n) is 4.26. The van der Waals surface area contributed by atoms with E-state index in [2.05, 4.69) is 11.6 Å². The molecule has 0 aromatic heterocycles. The van der Waals surface area contributed by atoms with Crippen molar-refractivity contribution in [3.63, 3.8) is 0 Å². The molecule has 1 aliphatic rings. The molecule has 0 aromatic rings. The number of carboxylic acids is 1. The van der Waals surface area contributed by atoms with Gasteiger partial charge >= 0.3 is 5.97 Å². The molecule has 1 fully saturated rings. The summed E-state index contributed by atoms with van der Waals surface area (Å²) in [6.45, 7) is 0.673. The fourth-order valence-electron chi connectivity index (χ4n) is 2.04. The Morgan fingerprint density at radius 2 is 1.94 bits per heavy atom. The predicted octanol–water partition coefficient (Wildman–Crippen LogP) is 1.64. The van der Waals surface area contributed by atoms with Crippen molar-refractivity contribution < 1.29 is 14.7 Å². The number of hydrogen-bond acceptors (Lipinski definition) is 3. The summed E-state index contributed by atoms with van der Waals surface area (Å²) in [5.74, 6) is -1.07. The molecule has 1 rings (SSSR count). The SMILES string of the molecule is CSC1(CNC(=O)CCC(=O)O)CCCC1. The number of carbonyl (C=O) groups excluding carboxylic acids is 1. The summed E-state index contributed by atoms with van der Waals surface area (Å²) >= 11 is 1.82. The Morgan fingerprint density at radius 3 is 2.44 bits per heavy atom. The van der Waals surface area contributed by atoms with Crippen LogP contribution in [-0.2, 0) is 9.59 Å². The van der Waals surface area contributed by atoms with Gasteiger partial charge in [-0.25, -0.2) is 0 Å². The summed E-state index contributed by atoms with van der Waals surface area (Å²) in [7, 11) is 0. The molecule has 92 valence electrons. The van der Waals surface area contributed by atoms with Crippen molar-refractivity contribution in [1.82, 2.24) is 5.32 Å². The van der Waals surface area contributed by atoms with Crippen LogP contribution in [0, 0.1) is 0 Å². The fourth-order valence-corrected chi connectivity index (χ4v) is 2.95. The third-order valence-corrected chi connectivity index (χ3v) is 4.54. The van der Waals surface area contributed by atoms with E-state index in [1.807, 2.05) is 11.8 Å². The van der Waals surface area contributed by atoms with Crippen molar-refractivity contribution in [2.24, 2.45) is 0 Å². The van der Waals surface area contributed by atoms with Gasteiger partial charge in [0.05, 0.1) is 6.42 Å². The van der Waals surface area contributed by atoms with Crippen molar-refractivity contribution >= 4 is 23.6 Å². The monoisotopic (exact) mass is 245 g/mol. The van der Waals surface area contributed by atoms with Gasteiger partial charge < -0.3 is 10.4 Å². The van der Waals surface area contributed by atoms with E-state index in [-0.39, 0.29) is 23.5 Å². The molecule has 5 heteroatoms. The zero-order chi connectivity index (χ0) is 12.0. The lowest BCUT2D eigenvalue weighted by Gasteiger charge is -2.26. The summed E-state index contributed by atoms with van der Waals surface area (Å²) in [5, 5.41) is 11.3. The summed E-state index contributed by atoms with van der Waals surface area (Å²) in [6, 6.07) is 0. The molecule has 0 spiro atoms. The molecular formula is C11H19NO3S. The molecule has 0 unspecified atom stereocenters. The first-order valence-corrected chi connectivity index (χ1v) is 6.84. The highest BCUT2D eigenvalue weighted by atomic mass is 32.2. The molecule has 16 heavy (non-hydrogen) atoms. The van der Waals surface area contributed by atoms with Gasteiger partial charge in [0, 0.05) is 17.7 Å². The second kappa shape index (κ2) is 6.13. The van der Waals surface area contributed by atoms with Crippen LogP contribution in [-0.4, -0.2) is 34.5 Å². The smallest absolute Gasteiger partial charge is 0.303 e. The van der Waals surface area contributed by atoms with Crippen LogP contribution in [0.25, 0.3) is 0 Å². The molecule has 4 nitrogen and oxygen atoms in total. The van der Waals surface area contributed by atoms with Gasteiger partial charge in [0.25, 0.3) is 0 Å². The van der Waals surface area contributed by atoms with Gasteiger partial charge in [-0.2, -0.15) is 11.8 Å². The van der Waals surface area contributed by atoms with Gasteiger partial charge in [-0.1, -0.05) is 12.8 Å². The van der Waals surface area contributed by atoms with E-state index < -0.39 is 5.97 Å². The Balaban J connectivity index is 2.27. The van der Waals surface area contributed by atoms with Crippen LogP contribution in [0.5, 0.6) is 0 Å². The standard InChI is InChI=1S/C11H19NO3S/c1-16-11(6-2-3-7-11)8-12-9(13)4-5-10(14)15/h2-8H2,1H3,(H,12,13)(H,14,15). The first-order valence-electron chi connectivity index (χ1n) is 5.62. The third kappa shape index (κ3) is 4.04. The van der Waals surface area contributed by atoms with E-state index >= 15 is 0 Å². The Morgan fingerprint density at radius 1 is 1.31 bits per heavy atom. The molecule has 2 N–H and O–H groups in total. The molecule has 1 aliphatic carbocycles. The largest absolute Gasteiger partial charge is 0.481 e. The van der Waals surface area contributed by atoms with E-state index in [0.29, 0.717) is 6.54 Å². The number of thioether (sulfide) groups is 1.